The van der Waals surface area contributed by atoms with Crippen molar-refractivity contribution in [1.29, 1.82) is 0 Å². The molecular formula is C19H23FN2O5S. The largest absolute Gasteiger partial charge is 0.497 e. The molecule has 2 aromatic carbocycles. The standard InChI is InChI=1S/C19H23FN2O5S/c1-13(14-5-7-15(20)8-6-14)21-19(23)12-22(28(4,24)25)17-10-9-16(26-2)11-18(17)27-3/h5-11,13H,12H2,1-4H3,(H,21,23)/t13-/m0/s1. The quantitative estimate of drug-likeness (QED) is 0.723. The van der Waals surface area contributed by atoms with Gasteiger partial charge in [-0.15, -0.1) is 0 Å². The Kier molecular flexibility index (Phi) is 6.85. The monoisotopic (exact) mass is 410 g/mol. The lowest BCUT2D eigenvalue weighted by Gasteiger charge is -2.25. The summed E-state index contributed by atoms with van der Waals surface area (Å²) in [4.78, 5) is 12.5. The van der Waals surface area contributed by atoms with Gasteiger partial charge in [-0.1, -0.05) is 12.1 Å². The number of halogens is 1. The van der Waals surface area contributed by atoms with Gasteiger partial charge in [0, 0.05) is 6.07 Å². The van der Waals surface area contributed by atoms with Crippen molar-refractivity contribution in [2.75, 3.05) is 31.3 Å². The van der Waals surface area contributed by atoms with Crippen molar-refractivity contribution in [3.63, 3.8) is 0 Å². The van der Waals surface area contributed by atoms with Crippen LogP contribution in [0, 0.1) is 5.82 Å². The maximum Gasteiger partial charge on any atom is 0.241 e. The minimum atomic E-state index is -3.77. The van der Waals surface area contributed by atoms with Crippen LogP contribution in [0.1, 0.15) is 18.5 Å². The molecule has 0 aliphatic carbocycles. The highest BCUT2D eigenvalue weighted by Crippen LogP contribution is 2.33. The number of nitrogens with one attached hydrogen (secondary N) is 1. The number of hydrogen-bond donors (Lipinski definition) is 1. The third kappa shape index (κ3) is 5.35. The lowest BCUT2D eigenvalue weighted by Crippen LogP contribution is -2.41. The van der Waals surface area contributed by atoms with Gasteiger partial charge in [0.05, 0.1) is 32.2 Å². The van der Waals surface area contributed by atoms with E-state index >= 15 is 0 Å². The first-order valence-corrected chi connectivity index (χ1v) is 10.2. The van der Waals surface area contributed by atoms with Crippen LogP contribution in [0.25, 0.3) is 0 Å². The van der Waals surface area contributed by atoms with Crippen LogP contribution in [0.15, 0.2) is 42.5 Å². The highest BCUT2D eigenvalue weighted by atomic mass is 32.2. The molecule has 2 rings (SSSR count). The van der Waals surface area contributed by atoms with E-state index in [1.54, 1.807) is 25.1 Å². The van der Waals surface area contributed by atoms with Crippen LogP contribution >= 0.6 is 0 Å². The predicted molar refractivity (Wildman–Crippen MR) is 105 cm³/mol. The lowest BCUT2D eigenvalue weighted by atomic mass is 10.1. The number of anilines is 1. The van der Waals surface area contributed by atoms with Crippen molar-refractivity contribution in [2.24, 2.45) is 0 Å². The average molecular weight is 410 g/mol. The first kappa shape index (κ1) is 21.5. The van der Waals surface area contributed by atoms with E-state index in [0.717, 1.165) is 10.6 Å². The zero-order valence-electron chi connectivity index (χ0n) is 16.1. The Hall–Kier alpha value is -2.81. The van der Waals surface area contributed by atoms with Crippen molar-refractivity contribution in [3.8, 4) is 11.5 Å². The fourth-order valence-corrected chi connectivity index (χ4v) is 3.48. The van der Waals surface area contributed by atoms with Gasteiger partial charge in [-0.25, -0.2) is 12.8 Å². The van der Waals surface area contributed by atoms with Crippen molar-refractivity contribution in [2.45, 2.75) is 13.0 Å². The highest BCUT2D eigenvalue weighted by molar-refractivity contribution is 7.92. The third-order valence-corrected chi connectivity index (χ3v) is 5.22. The summed E-state index contributed by atoms with van der Waals surface area (Å²) in [5, 5.41) is 2.71. The van der Waals surface area contributed by atoms with Crippen LogP contribution in [0.2, 0.25) is 0 Å². The third-order valence-electron chi connectivity index (χ3n) is 4.09. The lowest BCUT2D eigenvalue weighted by molar-refractivity contribution is -0.120. The maximum absolute atomic E-state index is 13.0. The van der Waals surface area contributed by atoms with Gasteiger partial charge >= 0.3 is 0 Å². The Labute approximate surface area is 164 Å². The maximum atomic E-state index is 13.0. The zero-order chi connectivity index (χ0) is 20.9. The molecule has 0 bridgehead atoms. The van der Waals surface area contributed by atoms with E-state index in [4.69, 9.17) is 9.47 Å². The molecule has 0 saturated heterocycles. The summed E-state index contributed by atoms with van der Waals surface area (Å²) in [5.74, 6) is -0.148. The van der Waals surface area contributed by atoms with Crippen molar-refractivity contribution < 1.29 is 27.1 Å². The molecule has 0 aromatic heterocycles. The van der Waals surface area contributed by atoms with E-state index in [2.05, 4.69) is 5.32 Å². The molecule has 2 aromatic rings. The molecule has 0 radical (unpaired) electrons. The van der Waals surface area contributed by atoms with Gasteiger partial charge in [-0.2, -0.15) is 0 Å². The Morgan fingerprint density at radius 3 is 2.32 bits per heavy atom. The fourth-order valence-electron chi connectivity index (χ4n) is 2.62. The number of rotatable bonds is 8. The predicted octanol–water partition coefficient (Wildman–Crippen LogP) is 2.49. The Balaban J connectivity index is 2.23. The molecule has 0 aliphatic rings. The normalized spacial score (nSPS) is 12.2. The SMILES string of the molecule is COc1ccc(N(CC(=O)N[C@@H](C)c2ccc(F)cc2)S(C)(=O)=O)c(OC)c1. The molecule has 1 atom stereocenters. The van der Waals surface area contributed by atoms with Gasteiger partial charge in [0.25, 0.3) is 0 Å². The van der Waals surface area contributed by atoms with Gasteiger partial charge in [-0.05, 0) is 36.8 Å². The van der Waals surface area contributed by atoms with Crippen LogP contribution in [0.5, 0.6) is 11.5 Å². The minimum absolute atomic E-state index is 0.218. The second-order valence-corrected chi connectivity index (χ2v) is 8.05. The number of hydrogen-bond acceptors (Lipinski definition) is 5. The van der Waals surface area contributed by atoms with Gasteiger partial charge < -0.3 is 14.8 Å². The van der Waals surface area contributed by atoms with Crippen molar-refractivity contribution in [1.82, 2.24) is 5.32 Å². The number of carbonyl (C=O) groups excluding carboxylic acids is 1. The Morgan fingerprint density at radius 1 is 1.14 bits per heavy atom. The molecule has 28 heavy (non-hydrogen) atoms. The van der Waals surface area contributed by atoms with E-state index in [1.165, 1.54) is 38.5 Å². The van der Waals surface area contributed by atoms with Crippen LogP contribution in [0.3, 0.4) is 0 Å². The Morgan fingerprint density at radius 2 is 1.79 bits per heavy atom. The van der Waals surface area contributed by atoms with E-state index < -0.39 is 28.5 Å². The molecule has 1 amide bonds. The van der Waals surface area contributed by atoms with Crippen LogP contribution in [-0.4, -0.2) is 41.3 Å². The number of sulfonamides is 1. The van der Waals surface area contributed by atoms with Crippen molar-refractivity contribution >= 4 is 21.6 Å². The summed E-state index contributed by atoms with van der Waals surface area (Å²) in [7, 11) is -0.892. The fraction of sp³-hybridized carbons (Fsp3) is 0.316. The number of methoxy groups -OCH3 is 2. The summed E-state index contributed by atoms with van der Waals surface area (Å²) in [5.41, 5.74) is 0.915. The second-order valence-electron chi connectivity index (χ2n) is 6.15. The smallest absolute Gasteiger partial charge is 0.241 e. The summed E-state index contributed by atoms with van der Waals surface area (Å²) in [6, 6.07) is 9.90. The van der Waals surface area contributed by atoms with Crippen molar-refractivity contribution in [3.05, 3.63) is 53.8 Å². The van der Waals surface area contributed by atoms with Crippen LogP contribution in [0.4, 0.5) is 10.1 Å². The molecule has 0 spiro atoms. The molecule has 0 saturated carbocycles. The van der Waals surface area contributed by atoms with E-state index in [-0.39, 0.29) is 17.3 Å². The number of benzene rings is 2. The molecule has 0 heterocycles. The molecule has 9 heteroatoms. The average Bonchev–Trinajstić information content (AvgIpc) is 2.65. The van der Waals surface area contributed by atoms with Gasteiger partial charge in [0.2, 0.25) is 15.9 Å². The van der Waals surface area contributed by atoms with Crippen LogP contribution in [-0.2, 0) is 14.8 Å². The molecular weight excluding hydrogens is 387 g/mol. The van der Waals surface area contributed by atoms with E-state index in [0.29, 0.717) is 11.3 Å². The molecule has 152 valence electrons. The second kappa shape index (κ2) is 8.92. The molecule has 0 unspecified atom stereocenters. The minimum Gasteiger partial charge on any atom is -0.497 e. The number of nitrogens with zero attached hydrogens (tertiary/aromatic N) is 1. The topological polar surface area (TPSA) is 84.9 Å². The molecule has 7 nitrogen and oxygen atoms in total. The van der Waals surface area contributed by atoms with Gasteiger partial charge in [0.1, 0.15) is 23.9 Å². The van der Waals surface area contributed by atoms with Crippen LogP contribution < -0.4 is 19.1 Å². The number of carbonyl (C=O) groups is 1. The van der Waals surface area contributed by atoms with Gasteiger partial charge in [0.15, 0.2) is 0 Å². The highest BCUT2D eigenvalue weighted by Gasteiger charge is 2.25. The Bertz CT molecular complexity index is 932. The molecule has 0 aliphatic heterocycles. The van der Waals surface area contributed by atoms with E-state index in [1.807, 2.05) is 0 Å². The summed E-state index contributed by atoms with van der Waals surface area (Å²) in [6.07, 6.45) is 1.01. The number of amides is 1. The molecule has 1 N–H and O–H groups in total. The molecule has 0 fully saturated rings. The number of ether oxygens (including phenoxy) is 2. The van der Waals surface area contributed by atoms with E-state index in [9.17, 15) is 17.6 Å². The summed E-state index contributed by atoms with van der Waals surface area (Å²) in [6.45, 7) is 1.29. The first-order valence-electron chi connectivity index (χ1n) is 8.40. The summed E-state index contributed by atoms with van der Waals surface area (Å²) < 4.78 is 49.0. The summed E-state index contributed by atoms with van der Waals surface area (Å²) >= 11 is 0. The van der Waals surface area contributed by atoms with Gasteiger partial charge in [-0.3, -0.25) is 9.10 Å². The first-order chi connectivity index (χ1) is 13.2. The zero-order valence-corrected chi connectivity index (χ0v) is 16.9.